The average molecular weight is 310 g/mol. The number of pyridine rings is 1. The molecule has 0 spiro atoms. The van der Waals surface area contributed by atoms with Gasteiger partial charge >= 0.3 is 0 Å². The van der Waals surface area contributed by atoms with Gasteiger partial charge in [-0.15, -0.1) is 0 Å². The van der Waals surface area contributed by atoms with Crippen LogP contribution >= 0.6 is 0 Å². The van der Waals surface area contributed by atoms with E-state index in [1.807, 2.05) is 61.5 Å². The minimum Gasteiger partial charge on any atom is -0.268 e. The standard InChI is InChI=1S/C21H14N2O/c1-13-10-11-18-17(12-13)21(24)23-19-9-5-4-7-15(19)14-6-2-3-8-16(14)20(23)22-18/h2-12H,1H3. The van der Waals surface area contributed by atoms with Crippen molar-refractivity contribution in [1.82, 2.24) is 9.38 Å². The van der Waals surface area contributed by atoms with Crippen molar-refractivity contribution in [2.45, 2.75) is 6.92 Å². The molecule has 2 aromatic heterocycles. The van der Waals surface area contributed by atoms with Crippen LogP contribution in [-0.4, -0.2) is 9.38 Å². The molecule has 3 heteroatoms. The molecule has 0 N–H and O–H groups in total. The zero-order valence-electron chi connectivity index (χ0n) is 13.2. The van der Waals surface area contributed by atoms with E-state index in [0.29, 0.717) is 11.0 Å². The summed E-state index contributed by atoms with van der Waals surface area (Å²) in [5.74, 6) is 0. The van der Waals surface area contributed by atoms with Gasteiger partial charge in [-0.05, 0) is 30.5 Å². The summed E-state index contributed by atoms with van der Waals surface area (Å²) in [4.78, 5) is 18.0. The Kier molecular flexibility index (Phi) is 2.57. The fourth-order valence-electron chi connectivity index (χ4n) is 3.51. The molecule has 0 amide bonds. The van der Waals surface area contributed by atoms with E-state index in [4.69, 9.17) is 4.98 Å². The fourth-order valence-corrected chi connectivity index (χ4v) is 3.51. The predicted octanol–water partition coefficient (Wildman–Crippen LogP) is 4.46. The summed E-state index contributed by atoms with van der Waals surface area (Å²) in [5.41, 5.74) is 3.40. The van der Waals surface area contributed by atoms with Gasteiger partial charge in [0.2, 0.25) is 0 Å². The van der Waals surface area contributed by atoms with Gasteiger partial charge in [-0.25, -0.2) is 4.98 Å². The molecule has 0 aliphatic rings. The van der Waals surface area contributed by atoms with E-state index in [1.165, 1.54) is 0 Å². The topological polar surface area (TPSA) is 34.4 Å². The fraction of sp³-hybridized carbons (Fsp3) is 0.0476. The van der Waals surface area contributed by atoms with Gasteiger partial charge in [-0.1, -0.05) is 54.1 Å². The lowest BCUT2D eigenvalue weighted by atomic mass is 10.1. The number of hydrogen-bond acceptors (Lipinski definition) is 2. The summed E-state index contributed by atoms with van der Waals surface area (Å²) >= 11 is 0. The van der Waals surface area contributed by atoms with Crippen LogP contribution in [0.15, 0.2) is 71.5 Å². The van der Waals surface area contributed by atoms with Gasteiger partial charge in [-0.2, -0.15) is 0 Å². The van der Waals surface area contributed by atoms with Gasteiger partial charge < -0.3 is 0 Å². The summed E-state index contributed by atoms with van der Waals surface area (Å²) in [6, 6.07) is 22.0. The summed E-state index contributed by atoms with van der Waals surface area (Å²) in [6.45, 7) is 1.99. The number of aromatic nitrogens is 2. The minimum absolute atomic E-state index is 0.0133. The van der Waals surface area contributed by atoms with Gasteiger partial charge in [0.15, 0.2) is 0 Å². The van der Waals surface area contributed by atoms with Crippen molar-refractivity contribution in [2.75, 3.05) is 0 Å². The van der Waals surface area contributed by atoms with Crippen LogP contribution in [0.2, 0.25) is 0 Å². The van der Waals surface area contributed by atoms with E-state index >= 15 is 0 Å². The van der Waals surface area contributed by atoms with Crippen molar-refractivity contribution >= 4 is 38.2 Å². The third kappa shape index (κ3) is 1.67. The average Bonchev–Trinajstić information content (AvgIpc) is 2.62. The van der Waals surface area contributed by atoms with Crippen molar-refractivity contribution in [1.29, 1.82) is 0 Å². The molecule has 0 unspecified atom stereocenters. The van der Waals surface area contributed by atoms with E-state index in [9.17, 15) is 4.79 Å². The predicted molar refractivity (Wildman–Crippen MR) is 98.7 cm³/mol. The maximum absolute atomic E-state index is 13.2. The molecule has 2 heterocycles. The Morgan fingerprint density at radius 3 is 2.33 bits per heavy atom. The van der Waals surface area contributed by atoms with Crippen LogP contribution in [0.4, 0.5) is 0 Å². The van der Waals surface area contributed by atoms with Crippen LogP contribution in [0.3, 0.4) is 0 Å². The van der Waals surface area contributed by atoms with Crippen molar-refractivity contribution in [3.05, 3.63) is 82.6 Å². The molecule has 24 heavy (non-hydrogen) atoms. The van der Waals surface area contributed by atoms with Crippen molar-refractivity contribution in [3.8, 4) is 0 Å². The van der Waals surface area contributed by atoms with Crippen LogP contribution < -0.4 is 5.56 Å². The second-order valence-corrected chi connectivity index (χ2v) is 6.16. The van der Waals surface area contributed by atoms with Gasteiger partial charge in [0.1, 0.15) is 5.65 Å². The Hall–Kier alpha value is -3.20. The molecule has 0 atom stereocenters. The molecule has 0 radical (unpaired) electrons. The van der Waals surface area contributed by atoms with Crippen LogP contribution in [-0.2, 0) is 0 Å². The van der Waals surface area contributed by atoms with Crippen LogP contribution in [0, 0.1) is 6.92 Å². The van der Waals surface area contributed by atoms with Gasteiger partial charge in [0.05, 0.1) is 16.4 Å². The highest BCUT2D eigenvalue weighted by Gasteiger charge is 2.13. The number of para-hydroxylation sites is 1. The normalized spacial score (nSPS) is 11.7. The summed E-state index contributed by atoms with van der Waals surface area (Å²) < 4.78 is 1.75. The van der Waals surface area contributed by atoms with Gasteiger partial charge in [0, 0.05) is 10.8 Å². The lowest BCUT2D eigenvalue weighted by Crippen LogP contribution is -2.16. The summed E-state index contributed by atoms with van der Waals surface area (Å²) in [5, 5.41) is 3.84. The maximum Gasteiger partial charge on any atom is 0.266 e. The molecule has 3 aromatic carbocycles. The van der Waals surface area contributed by atoms with Crippen LogP contribution in [0.5, 0.6) is 0 Å². The molecule has 0 bridgehead atoms. The lowest BCUT2D eigenvalue weighted by Gasteiger charge is -2.12. The molecule has 0 saturated carbocycles. The number of aryl methyl sites for hydroxylation is 1. The largest absolute Gasteiger partial charge is 0.268 e. The first-order valence-electron chi connectivity index (χ1n) is 7.96. The van der Waals surface area contributed by atoms with E-state index in [1.54, 1.807) is 4.40 Å². The first kappa shape index (κ1) is 13.3. The minimum atomic E-state index is -0.0133. The number of hydrogen-bond donors (Lipinski definition) is 0. The van der Waals surface area contributed by atoms with Crippen molar-refractivity contribution < 1.29 is 0 Å². The highest BCUT2D eigenvalue weighted by atomic mass is 16.1. The third-order valence-electron chi connectivity index (χ3n) is 4.63. The van der Waals surface area contributed by atoms with E-state index in [-0.39, 0.29) is 5.56 Å². The zero-order valence-corrected chi connectivity index (χ0v) is 13.2. The van der Waals surface area contributed by atoms with E-state index < -0.39 is 0 Å². The van der Waals surface area contributed by atoms with Gasteiger partial charge in [0.25, 0.3) is 5.56 Å². The highest BCUT2D eigenvalue weighted by molar-refractivity contribution is 6.12. The Bertz CT molecular complexity index is 1330. The number of fused-ring (bicyclic) bond motifs is 7. The SMILES string of the molecule is Cc1ccc2nc3c4ccccc4c4ccccc4n3c(=O)c2c1. The van der Waals surface area contributed by atoms with Crippen LogP contribution in [0.25, 0.3) is 38.2 Å². The molecular weight excluding hydrogens is 296 g/mol. The number of rotatable bonds is 0. The van der Waals surface area contributed by atoms with Crippen molar-refractivity contribution in [3.63, 3.8) is 0 Å². The maximum atomic E-state index is 13.2. The Balaban J connectivity index is 2.21. The highest BCUT2D eigenvalue weighted by Crippen LogP contribution is 2.28. The Morgan fingerprint density at radius 2 is 1.50 bits per heavy atom. The monoisotopic (exact) mass is 310 g/mol. The smallest absolute Gasteiger partial charge is 0.266 e. The van der Waals surface area contributed by atoms with Crippen LogP contribution in [0.1, 0.15) is 5.56 Å². The number of benzene rings is 3. The molecule has 5 aromatic rings. The second-order valence-electron chi connectivity index (χ2n) is 6.16. The Labute approximate surface area is 137 Å². The third-order valence-corrected chi connectivity index (χ3v) is 4.63. The Morgan fingerprint density at radius 1 is 0.792 bits per heavy atom. The lowest BCUT2D eigenvalue weighted by molar-refractivity contribution is 1.14. The van der Waals surface area contributed by atoms with E-state index in [2.05, 4.69) is 12.1 Å². The molecule has 5 rings (SSSR count). The molecule has 0 fully saturated rings. The van der Waals surface area contributed by atoms with Crippen molar-refractivity contribution in [2.24, 2.45) is 0 Å². The quantitative estimate of drug-likeness (QED) is 0.312. The molecule has 0 saturated heterocycles. The second kappa shape index (κ2) is 4.65. The first-order chi connectivity index (χ1) is 11.7. The van der Waals surface area contributed by atoms with E-state index in [0.717, 1.165) is 32.8 Å². The zero-order chi connectivity index (χ0) is 16.3. The molecule has 0 aliphatic carbocycles. The van der Waals surface area contributed by atoms with Gasteiger partial charge in [-0.3, -0.25) is 9.20 Å². The molecular formula is C21H14N2O. The summed E-state index contributed by atoms with van der Waals surface area (Å²) in [7, 11) is 0. The summed E-state index contributed by atoms with van der Waals surface area (Å²) in [6.07, 6.45) is 0. The molecule has 114 valence electrons. The molecule has 3 nitrogen and oxygen atoms in total. The number of nitrogens with zero attached hydrogens (tertiary/aromatic N) is 2. The molecule has 0 aliphatic heterocycles. The first-order valence-corrected chi connectivity index (χ1v) is 7.96.